The van der Waals surface area contributed by atoms with Gasteiger partial charge in [-0.15, -0.1) is 0 Å². The van der Waals surface area contributed by atoms with E-state index in [1.54, 1.807) is 12.1 Å². The highest BCUT2D eigenvalue weighted by Gasteiger charge is 2.43. The lowest BCUT2D eigenvalue weighted by molar-refractivity contribution is -0.131. The van der Waals surface area contributed by atoms with E-state index >= 15 is 0 Å². The molecule has 2 aliphatic rings. The van der Waals surface area contributed by atoms with E-state index in [-0.39, 0.29) is 17.1 Å². The zero-order chi connectivity index (χ0) is 21.0. The third kappa shape index (κ3) is 4.32. The van der Waals surface area contributed by atoms with Crippen LogP contribution < -0.4 is 5.32 Å². The quantitative estimate of drug-likeness (QED) is 0.692. The maximum atomic E-state index is 14.0. The van der Waals surface area contributed by atoms with E-state index in [1.807, 2.05) is 30.3 Å². The molecule has 0 radical (unpaired) electrons. The molecule has 2 heterocycles. The van der Waals surface area contributed by atoms with Crippen LogP contribution in [0.25, 0.3) is 0 Å². The molecule has 0 unspecified atom stereocenters. The number of rotatable bonds is 5. The summed E-state index contributed by atoms with van der Waals surface area (Å²) in [6, 6.07) is 14.7. The lowest BCUT2D eigenvalue weighted by Crippen LogP contribution is -2.52. The molecule has 0 bridgehead atoms. The van der Waals surface area contributed by atoms with E-state index in [4.69, 9.17) is 9.47 Å². The zero-order valence-electron chi connectivity index (χ0n) is 17.0. The van der Waals surface area contributed by atoms with Crippen LogP contribution in [0.15, 0.2) is 53.0 Å². The number of benzene rings is 2. The standard InChI is InChI=1S/C24H27BrFNO3/c25-20-6-4-18(5-7-20)24(10-14-30-15-11-24)22(28)27-17-23(8-12-29-13-9-23)19-2-1-3-21(26)16-19/h1-7,16H,8-15,17H2,(H,27,28). The van der Waals surface area contributed by atoms with Gasteiger partial charge in [-0.3, -0.25) is 4.79 Å². The summed E-state index contributed by atoms with van der Waals surface area (Å²) in [5.74, 6) is -0.226. The van der Waals surface area contributed by atoms with Crippen LogP contribution in [0.5, 0.6) is 0 Å². The summed E-state index contributed by atoms with van der Waals surface area (Å²) in [6.45, 7) is 2.81. The van der Waals surface area contributed by atoms with Crippen LogP contribution in [0.2, 0.25) is 0 Å². The third-order valence-corrected chi connectivity index (χ3v) is 7.18. The van der Waals surface area contributed by atoms with Gasteiger partial charge in [0.15, 0.2) is 0 Å². The van der Waals surface area contributed by atoms with Gasteiger partial charge < -0.3 is 14.8 Å². The van der Waals surface area contributed by atoms with Crippen molar-refractivity contribution in [1.29, 1.82) is 0 Å². The van der Waals surface area contributed by atoms with Gasteiger partial charge in [-0.05, 0) is 61.1 Å². The van der Waals surface area contributed by atoms with E-state index in [1.165, 1.54) is 6.07 Å². The molecule has 160 valence electrons. The number of nitrogens with one attached hydrogen (secondary N) is 1. The predicted octanol–water partition coefficient (Wildman–Crippen LogP) is 4.50. The molecule has 2 saturated heterocycles. The van der Waals surface area contributed by atoms with Crippen molar-refractivity contribution in [2.75, 3.05) is 33.0 Å². The van der Waals surface area contributed by atoms with Crippen LogP contribution in [0.1, 0.15) is 36.8 Å². The number of amides is 1. The Morgan fingerprint density at radius 1 is 0.933 bits per heavy atom. The summed E-state index contributed by atoms with van der Waals surface area (Å²) in [6.07, 6.45) is 2.81. The summed E-state index contributed by atoms with van der Waals surface area (Å²) in [5, 5.41) is 3.25. The fourth-order valence-corrected chi connectivity index (χ4v) is 4.97. The molecule has 2 aromatic carbocycles. The van der Waals surface area contributed by atoms with Crippen LogP contribution >= 0.6 is 15.9 Å². The van der Waals surface area contributed by atoms with E-state index in [0.717, 1.165) is 28.4 Å². The highest BCUT2D eigenvalue weighted by atomic mass is 79.9. The summed E-state index contributed by atoms with van der Waals surface area (Å²) in [4.78, 5) is 13.6. The summed E-state index contributed by atoms with van der Waals surface area (Å²) >= 11 is 3.48. The first-order valence-corrected chi connectivity index (χ1v) is 11.3. The molecule has 2 fully saturated rings. The molecule has 0 atom stereocenters. The van der Waals surface area contributed by atoms with Gasteiger partial charge in [-0.2, -0.15) is 0 Å². The minimum atomic E-state index is -0.604. The average molecular weight is 476 g/mol. The SMILES string of the molecule is O=C(NCC1(c2cccc(F)c2)CCOCC1)C1(c2ccc(Br)cc2)CCOCC1. The van der Waals surface area contributed by atoms with Crippen LogP contribution in [-0.4, -0.2) is 38.9 Å². The maximum Gasteiger partial charge on any atom is 0.230 e. The Balaban J connectivity index is 1.59. The lowest BCUT2D eigenvalue weighted by atomic mass is 9.71. The molecule has 1 N–H and O–H groups in total. The molecule has 0 saturated carbocycles. The Morgan fingerprint density at radius 3 is 2.20 bits per heavy atom. The van der Waals surface area contributed by atoms with Gasteiger partial charge >= 0.3 is 0 Å². The topological polar surface area (TPSA) is 47.6 Å². The summed E-state index contributed by atoms with van der Waals surface area (Å²) in [5.41, 5.74) is 1.02. The largest absolute Gasteiger partial charge is 0.381 e. The highest BCUT2D eigenvalue weighted by Crippen LogP contribution is 2.38. The molecule has 2 aliphatic heterocycles. The van der Waals surface area contributed by atoms with Crippen LogP contribution in [0.3, 0.4) is 0 Å². The Hall–Kier alpha value is -1.76. The molecule has 1 amide bonds. The maximum absolute atomic E-state index is 14.0. The van der Waals surface area contributed by atoms with Gasteiger partial charge in [0.05, 0.1) is 5.41 Å². The number of carbonyl (C=O) groups excluding carboxylic acids is 1. The second kappa shape index (κ2) is 9.16. The van der Waals surface area contributed by atoms with Crippen molar-refractivity contribution >= 4 is 21.8 Å². The second-order valence-corrected chi connectivity index (χ2v) is 9.20. The fourth-order valence-electron chi connectivity index (χ4n) is 4.70. The minimum absolute atomic E-state index is 0.0235. The van der Waals surface area contributed by atoms with Crippen LogP contribution in [-0.2, 0) is 25.1 Å². The summed E-state index contributed by atoms with van der Waals surface area (Å²) < 4.78 is 26.1. The molecule has 0 aliphatic carbocycles. The second-order valence-electron chi connectivity index (χ2n) is 8.29. The number of ether oxygens (including phenoxy) is 2. The Kier molecular flexibility index (Phi) is 6.56. The van der Waals surface area contributed by atoms with E-state index < -0.39 is 5.41 Å². The van der Waals surface area contributed by atoms with Crippen LogP contribution in [0.4, 0.5) is 4.39 Å². The zero-order valence-corrected chi connectivity index (χ0v) is 18.5. The third-order valence-electron chi connectivity index (χ3n) is 6.65. The number of hydrogen-bond acceptors (Lipinski definition) is 3. The molecular formula is C24H27BrFNO3. The van der Waals surface area contributed by atoms with Crippen molar-refractivity contribution in [3.63, 3.8) is 0 Å². The van der Waals surface area contributed by atoms with Gasteiger partial charge in [-0.25, -0.2) is 4.39 Å². The number of hydrogen-bond donors (Lipinski definition) is 1. The first-order valence-electron chi connectivity index (χ1n) is 10.5. The minimum Gasteiger partial charge on any atom is -0.381 e. The van der Waals surface area contributed by atoms with Crippen LogP contribution in [0, 0.1) is 5.82 Å². The van der Waals surface area contributed by atoms with E-state index in [9.17, 15) is 9.18 Å². The monoisotopic (exact) mass is 475 g/mol. The molecule has 30 heavy (non-hydrogen) atoms. The smallest absolute Gasteiger partial charge is 0.230 e. The van der Waals surface area contributed by atoms with E-state index in [0.29, 0.717) is 45.8 Å². The first-order chi connectivity index (χ1) is 14.5. The fraction of sp³-hybridized carbons (Fsp3) is 0.458. The molecular weight excluding hydrogens is 449 g/mol. The normalized spacial score (nSPS) is 20.5. The van der Waals surface area contributed by atoms with Gasteiger partial charge in [-0.1, -0.05) is 40.2 Å². The van der Waals surface area contributed by atoms with Gasteiger partial charge in [0.25, 0.3) is 0 Å². The molecule has 6 heteroatoms. The molecule has 2 aromatic rings. The lowest BCUT2D eigenvalue weighted by Gasteiger charge is -2.41. The van der Waals surface area contributed by atoms with E-state index in [2.05, 4.69) is 21.2 Å². The van der Waals surface area contributed by atoms with Gasteiger partial charge in [0.1, 0.15) is 5.82 Å². The van der Waals surface area contributed by atoms with Gasteiger partial charge in [0, 0.05) is 42.9 Å². The van der Waals surface area contributed by atoms with Crippen molar-refractivity contribution in [1.82, 2.24) is 5.32 Å². The Bertz CT molecular complexity index is 874. The molecule has 0 spiro atoms. The first kappa shape index (κ1) is 21.5. The van der Waals surface area contributed by atoms with Crippen molar-refractivity contribution in [2.24, 2.45) is 0 Å². The van der Waals surface area contributed by atoms with Crippen molar-refractivity contribution in [3.8, 4) is 0 Å². The number of carbonyl (C=O) groups is 1. The summed E-state index contributed by atoms with van der Waals surface area (Å²) in [7, 11) is 0. The van der Waals surface area contributed by atoms with Crippen molar-refractivity contribution < 1.29 is 18.7 Å². The molecule has 4 rings (SSSR count). The number of halogens is 2. The Labute approximate surface area is 185 Å². The van der Waals surface area contributed by atoms with Gasteiger partial charge in [0.2, 0.25) is 5.91 Å². The van der Waals surface area contributed by atoms with Crippen molar-refractivity contribution in [3.05, 3.63) is 69.9 Å². The molecule has 0 aromatic heterocycles. The van der Waals surface area contributed by atoms with Crippen molar-refractivity contribution in [2.45, 2.75) is 36.5 Å². The Morgan fingerprint density at radius 2 is 1.57 bits per heavy atom. The highest BCUT2D eigenvalue weighted by molar-refractivity contribution is 9.10. The average Bonchev–Trinajstić information content (AvgIpc) is 2.79. The molecule has 4 nitrogen and oxygen atoms in total. The predicted molar refractivity (Wildman–Crippen MR) is 117 cm³/mol.